The van der Waals surface area contributed by atoms with E-state index in [9.17, 15) is 18.4 Å². The standard InChI is InChI=1S/C35H41F3N4O5/c1-34(2,3)47-33(44)42-31(30(22-4-8-24(36)9-5-22)23-6-10-25(37)11-7-23)32(43)41-29-20-39-19-28(38)27(29)13-12-26-18-40-21-35(46-26)14-16-45-17-15-35/h4-11,19-20,26,30-31,40H,12-18,21H2,1-3H3,(H,41,43)(H,42,44)/t26-,31+/m1/s1. The molecule has 3 N–H and O–H groups in total. The number of carbonyl (C=O) groups is 2. The first-order valence-corrected chi connectivity index (χ1v) is 15.8. The molecule has 252 valence electrons. The Hall–Kier alpha value is -4.00. The van der Waals surface area contributed by atoms with Crippen LogP contribution in [-0.2, 0) is 25.4 Å². The van der Waals surface area contributed by atoms with Gasteiger partial charge < -0.3 is 30.2 Å². The first-order chi connectivity index (χ1) is 22.4. The molecular formula is C35H41F3N4O5. The highest BCUT2D eigenvalue weighted by Gasteiger charge is 2.39. The number of halogens is 3. The largest absolute Gasteiger partial charge is 0.444 e. The maximum atomic E-state index is 15.3. The van der Waals surface area contributed by atoms with E-state index in [4.69, 9.17) is 14.2 Å². The van der Waals surface area contributed by atoms with Crippen molar-refractivity contribution in [2.75, 3.05) is 31.6 Å². The number of aromatic nitrogens is 1. The third-order valence-electron chi connectivity index (χ3n) is 8.37. The zero-order valence-electron chi connectivity index (χ0n) is 26.8. The van der Waals surface area contributed by atoms with Crippen molar-refractivity contribution < 1.29 is 37.0 Å². The molecule has 1 aromatic heterocycles. The minimum absolute atomic E-state index is 0.132. The summed E-state index contributed by atoms with van der Waals surface area (Å²) in [5.41, 5.74) is 0.107. The number of alkyl carbamates (subject to hydrolysis) is 1. The van der Waals surface area contributed by atoms with Crippen molar-refractivity contribution in [1.29, 1.82) is 0 Å². The van der Waals surface area contributed by atoms with Crippen LogP contribution in [0.1, 0.15) is 62.6 Å². The summed E-state index contributed by atoms with van der Waals surface area (Å²) in [5.74, 6) is -3.21. The molecule has 2 aliphatic heterocycles. The van der Waals surface area contributed by atoms with Crippen LogP contribution in [-0.4, -0.2) is 66.6 Å². The van der Waals surface area contributed by atoms with Gasteiger partial charge >= 0.3 is 6.09 Å². The molecule has 2 aromatic carbocycles. The quantitative estimate of drug-likeness (QED) is 0.274. The van der Waals surface area contributed by atoms with Crippen molar-refractivity contribution in [3.63, 3.8) is 0 Å². The Bertz CT molecular complexity index is 1470. The molecule has 0 aliphatic carbocycles. The summed E-state index contributed by atoms with van der Waals surface area (Å²) < 4.78 is 60.7. The van der Waals surface area contributed by atoms with Crippen molar-refractivity contribution in [1.82, 2.24) is 15.6 Å². The predicted octanol–water partition coefficient (Wildman–Crippen LogP) is 5.63. The van der Waals surface area contributed by atoms with Gasteiger partial charge in [-0.2, -0.15) is 0 Å². The summed E-state index contributed by atoms with van der Waals surface area (Å²) in [6, 6.07) is 9.52. The fourth-order valence-electron chi connectivity index (χ4n) is 6.09. The molecule has 0 radical (unpaired) electrons. The summed E-state index contributed by atoms with van der Waals surface area (Å²) in [6.07, 6.45) is 3.65. The molecule has 47 heavy (non-hydrogen) atoms. The van der Waals surface area contributed by atoms with Gasteiger partial charge in [-0.05, 0) is 69.0 Å². The lowest BCUT2D eigenvalue weighted by atomic mass is 9.84. The minimum atomic E-state index is -1.35. The molecular weight excluding hydrogens is 613 g/mol. The topological polar surface area (TPSA) is 111 Å². The fraction of sp³-hybridized carbons (Fsp3) is 0.457. The molecule has 2 saturated heterocycles. The smallest absolute Gasteiger partial charge is 0.408 e. The van der Waals surface area contributed by atoms with Crippen LogP contribution in [0.5, 0.6) is 0 Å². The molecule has 3 aromatic rings. The van der Waals surface area contributed by atoms with Gasteiger partial charge in [0.25, 0.3) is 0 Å². The van der Waals surface area contributed by atoms with Crippen LogP contribution in [0.3, 0.4) is 0 Å². The highest BCUT2D eigenvalue weighted by molar-refractivity contribution is 5.98. The number of anilines is 1. The van der Waals surface area contributed by atoms with Crippen LogP contribution in [0.4, 0.5) is 23.7 Å². The number of carbonyl (C=O) groups excluding carboxylic acids is 2. The van der Waals surface area contributed by atoms with Crippen LogP contribution in [0.15, 0.2) is 60.9 Å². The molecule has 2 amide bonds. The van der Waals surface area contributed by atoms with Gasteiger partial charge in [-0.15, -0.1) is 0 Å². The second kappa shape index (κ2) is 14.8. The lowest BCUT2D eigenvalue weighted by molar-refractivity contribution is -0.160. The minimum Gasteiger partial charge on any atom is -0.444 e. The number of nitrogens with zero attached hydrogens (tertiary/aromatic N) is 1. The van der Waals surface area contributed by atoms with E-state index in [0.29, 0.717) is 37.3 Å². The molecule has 3 heterocycles. The van der Waals surface area contributed by atoms with E-state index in [2.05, 4.69) is 20.9 Å². The Labute approximate surface area is 272 Å². The third kappa shape index (κ3) is 9.09. The van der Waals surface area contributed by atoms with Gasteiger partial charge in [0.1, 0.15) is 29.1 Å². The van der Waals surface area contributed by atoms with E-state index in [1.165, 1.54) is 54.7 Å². The van der Waals surface area contributed by atoms with Gasteiger partial charge in [-0.1, -0.05) is 24.3 Å². The van der Waals surface area contributed by atoms with Crippen LogP contribution in [0.2, 0.25) is 0 Å². The third-order valence-corrected chi connectivity index (χ3v) is 8.37. The van der Waals surface area contributed by atoms with E-state index in [1.807, 2.05) is 0 Å². The van der Waals surface area contributed by atoms with Gasteiger partial charge in [-0.25, -0.2) is 18.0 Å². The maximum absolute atomic E-state index is 15.3. The summed E-state index contributed by atoms with van der Waals surface area (Å²) in [4.78, 5) is 31.2. The van der Waals surface area contributed by atoms with E-state index in [0.717, 1.165) is 25.6 Å². The molecule has 0 unspecified atom stereocenters. The first kappa shape index (κ1) is 34.3. The van der Waals surface area contributed by atoms with Crippen LogP contribution in [0.25, 0.3) is 0 Å². The highest BCUT2D eigenvalue weighted by atomic mass is 19.1. The average Bonchev–Trinajstić information content (AvgIpc) is 3.02. The lowest BCUT2D eigenvalue weighted by Gasteiger charge is -2.44. The second-order valence-electron chi connectivity index (χ2n) is 13.0. The molecule has 0 bridgehead atoms. The Morgan fingerprint density at radius 3 is 2.21 bits per heavy atom. The average molecular weight is 655 g/mol. The Morgan fingerprint density at radius 2 is 1.62 bits per heavy atom. The number of rotatable bonds is 9. The van der Waals surface area contributed by atoms with Crippen molar-refractivity contribution >= 4 is 17.7 Å². The molecule has 9 nitrogen and oxygen atoms in total. The Morgan fingerprint density at radius 1 is 1.00 bits per heavy atom. The molecule has 2 aliphatic rings. The van der Waals surface area contributed by atoms with Gasteiger partial charge in [0.15, 0.2) is 0 Å². The first-order valence-electron chi connectivity index (χ1n) is 15.8. The zero-order chi connectivity index (χ0) is 33.6. The van der Waals surface area contributed by atoms with E-state index >= 15 is 4.39 Å². The highest BCUT2D eigenvalue weighted by Crippen LogP contribution is 2.32. The number of hydrogen-bond donors (Lipinski definition) is 3. The number of nitrogens with one attached hydrogen (secondary N) is 3. The van der Waals surface area contributed by atoms with Crippen LogP contribution in [0, 0.1) is 17.5 Å². The van der Waals surface area contributed by atoms with Crippen molar-refractivity contribution in [2.45, 2.75) is 75.7 Å². The second-order valence-corrected chi connectivity index (χ2v) is 13.0. The number of hydrogen-bond acceptors (Lipinski definition) is 7. The summed E-state index contributed by atoms with van der Waals surface area (Å²) in [7, 11) is 0. The molecule has 12 heteroatoms. The van der Waals surface area contributed by atoms with Gasteiger partial charge in [-0.3, -0.25) is 9.78 Å². The van der Waals surface area contributed by atoms with Crippen LogP contribution >= 0.6 is 0 Å². The number of benzene rings is 2. The summed E-state index contributed by atoms with van der Waals surface area (Å²) in [6.45, 7) is 7.62. The molecule has 5 rings (SSSR count). The van der Waals surface area contributed by atoms with Gasteiger partial charge in [0.2, 0.25) is 5.91 Å². The number of pyridine rings is 1. The van der Waals surface area contributed by atoms with Crippen LogP contribution < -0.4 is 16.0 Å². The Balaban J connectivity index is 1.43. The van der Waals surface area contributed by atoms with Crippen molar-refractivity contribution in [3.05, 3.63) is 95.1 Å². The van der Waals surface area contributed by atoms with E-state index < -0.39 is 47.0 Å². The molecule has 2 fully saturated rings. The number of morpholine rings is 1. The monoisotopic (exact) mass is 654 g/mol. The number of ether oxygens (including phenoxy) is 3. The molecule has 2 atom stereocenters. The predicted molar refractivity (Wildman–Crippen MR) is 169 cm³/mol. The van der Waals surface area contributed by atoms with E-state index in [1.54, 1.807) is 20.8 Å². The van der Waals surface area contributed by atoms with Gasteiger partial charge in [0, 0.05) is 50.6 Å². The number of amides is 2. The van der Waals surface area contributed by atoms with Gasteiger partial charge in [0.05, 0.1) is 29.8 Å². The Kier molecular flexibility index (Phi) is 10.8. The maximum Gasteiger partial charge on any atom is 0.408 e. The van der Waals surface area contributed by atoms with Crippen molar-refractivity contribution in [3.8, 4) is 0 Å². The lowest BCUT2D eigenvalue weighted by Crippen LogP contribution is -2.56. The fourth-order valence-corrected chi connectivity index (χ4v) is 6.09. The van der Waals surface area contributed by atoms with E-state index in [-0.39, 0.29) is 29.4 Å². The SMILES string of the molecule is CC(C)(C)OC(=O)N[C@H](C(=O)Nc1cncc(F)c1CC[C@@H]1CNCC2(CCOCC2)O1)C(c1ccc(F)cc1)c1ccc(F)cc1. The normalized spacial score (nSPS) is 18.5. The van der Waals surface area contributed by atoms with Crippen molar-refractivity contribution in [2.24, 2.45) is 0 Å². The molecule has 1 spiro atoms. The molecule has 0 saturated carbocycles. The summed E-state index contributed by atoms with van der Waals surface area (Å²) >= 11 is 0. The zero-order valence-corrected chi connectivity index (χ0v) is 26.8. The summed E-state index contributed by atoms with van der Waals surface area (Å²) in [5, 5.41) is 8.87.